The highest BCUT2D eigenvalue weighted by Crippen LogP contribution is 2.18. The summed E-state index contributed by atoms with van der Waals surface area (Å²) in [6, 6.07) is 11.5. The molecule has 1 aliphatic heterocycles. The zero-order chi connectivity index (χ0) is 23.3. The molecule has 1 heterocycles. The molecular weight excluding hydrogens is 435 g/mol. The van der Waals surface area contributed by atoms with E-state index in [1.165, 1.54) is 50.5 Å². The van der Waals surface area contributed by atoms with Crippen LogP contribution in [-0.4, -0.2) is 69.2 Å². The molecule has 0 bridgehead atoms. The van der Waals surface area contributed by atoms with E-state index in [0.717, 1.165) is 4.31 Å². The highest BCUT2D eigenvalue weighted by Gasteiger charge is 2.23. The maximum Gasteiger partial charge on any atom is 0.251 e. The zero-order valence-electron chi connectivity index (χ0n) is 18.0. The van der Waals surface area contributed by atoms with Crippen molar-refractivity contribution in [2.75, 3.05) is 39.0 Å². The van der Waals surface area contributed by atoms with Gasteiger partial charge < -0.3 is 10.6 Å². The molecule has 1 fully saturated rings. The molecule has 2 amide bonds. The summed E-state index contributed by atoms with van der Waals surface area (Å²) in [5.74, 6) is -0.869. The minimum atomic E-state index is -3.58. The largest absolute Gasteiger partial charge is 0.349 e. The van der Waals surface area contributed by atoms with Crippen molar-refractivity contribution in [3.05, 3.63) is 59.9 Å². The van der Waals surface area contributed by atoms with Gasteiger partial charge in [0.25, 0.3) is 5.91 Å². The third-order valence-corrected chi connectivity index (χ3v) is 7.10. The molecule has 0 radical (unpaired) electrons. The summed E-state index contributed by atoms with van der Waals surface area (Å²) in [6.45, 7) is 1.44. The molecular formula is C22H27FN4O4S. The number of benzene rings is 2. The van der Waals surface area contributed by atoms with E-state index in [1.807, 2.05) is 4.90 Å². The quantitative estimate of drug-likeness (QED) is 0.655. The van der Waals surface area contributed by atoms with E-state index < -0.39 is 10.0 Å². The summed E-state index contributed by atoms with van der Waals surface area (Å²) in [5.41, 5.74) is 0.825. The number of amides is 2. The minimum absolute atomic E-state index is 0.0141. The lowest BCUT2D eigenvalue weighted by molar-refractivity contribution is -0.117. The first-order valence-electron chi connectivity index (χ1n) is 10.3. The van der Waals surface area contributed by atoms with Crippen LogP contribution in [0.2, 0.25) is 0 Å². The molecule has 2 N–H and O–H groups in total. The number of likely N-dealkylation sites (tertiary alicyclic amines) is 1. The number of hydrogen-bond acceptors (Lipinski definition) is 5. The van der Waals surface area contributed by atoms with Gasteiger partial charge in [-0.05, 0) is 55.3 Å². The second-order valence-corrected chi connectivity index (χ2v) is 10.0. The van der Waals surface area contributed by atoms with Crippen LogP contribution >= 0.6 is 0 Å². The topological polar surface area (TPSA) is 98.8 Å². The van der Waals surface area contributed by atoms with Crippen LogP contribution in [0.25, 0.3) is 0 Å². The van der Waals surface area contributed by atoms with E-state index in [1.54, 1.807) is 12.1 Å². The van der Waals surface area contributed by atoms with Crippen LogP contribution in [0.4, 0.5) is 10.1 Å². The number of piperidine rings is 1. The highest BCUT2D eigenvalue weighted by molar-refractivity contribution is 7.89. The Hall–Kier alpha value is -2.82. The van der Waals surface area contributed by atoms with Crippen LogP contribution in [0, 0.1) is 5.82 Å². The van der Waals surface area contributed by atoms with Crippen LogP contribution in [0.1, 0.15) is 23.2 Å². The van der Waals surface area contributed by atoms with Gasteiger partial charge in [0.05, 0.1) is 11.4 Å². The van der Waals surface area contributed by atoms with E-state index in [9.17, 15) is 22.4 Å². The average molecular weight is 463 g/mol. The molecule has 0 aromatic heterocycles. The Balaban J connectivity index is 1.48. The lowest BCUT2D eigenvalue weighted by Crippen LogP contribution is -2.46. The molecule has 0 atom stereocenters. The van der Waals surface area contributed by atoms with Gasteiger partial charge in [0, 0.05) is 44.5 Å². The monoisotopic (exact) mass is 462 g/mol. The SMILES string of the molecule is CN(C)S(=O)(=O)c1cccc(NC(=O)CN2CCC(NC(=O)c3ccc(F)cc3)CC2)c1. The number of hydrogen-bond donors (Lipinski definition) is 2. The zero-order valence-corrected chi connectivity index (χ0v) is 18.9. The van der Waals surface area contributed by atoms with Gasteiger partial charge in [-0.15, -0.1) is 0 Å². The fourth-order valence-corrected chi connectivity index (χ4v) is 4.40. The Morgan fingerprint density at radius 2 is 1.75 bits per heavy atom. The summed E-state index contributed by atoms with van der Waals surface area (Å²) in [6.07, 6.45) is 1.38. The van der Waals surface area contributed by atoms with E-state index in [4.69, 9.17) is 0 Å². The smallest absolute Gasteiger partial charge is 0.251 e. The number of nitrogens with one attached hydrogen (secondary N) is 2. The van der Waals surface area contributed by atoms with Crippen molar-refractivity contribution >= 4 is 27.5 Å². The van der Waals surface area contributed by atoms with Crippen molar-refractivity contribution in [3.63, 3.8) is 0 Å². The van der Waals surface area contributed by atoms with Crippen molar-refractivity contribution < 1.29 is 22.4 Å². The summed E-state index contributed by atoms with van der Waals surface area (Å²) in [5, 5.41) is 5.69. The van der Waals surface area contributed by atoms with E-state index in [0.29, 0.717) is 37.2 Å². The van der Waals surface area contributed by atoms with Gasteiger partial charge in [-0.25, -0.2) is 17.1 Å². The van der Waals surface area contributed by atoms with Gasteiger partial charge in [-0.1, -0.05) is 6.07 Å². The summed E-state index contributed by atoms with van der Waals surface area (Å²) in [7, 11) is -0.681. The van der Waals surface area contributed by atoms with E-state index >= 15 is 0 Å². The van der Waals surface area contributed by atoms with Gasteiger partial charge in [0.15, 0.2) is 0 Å². The molecule has 2 aromatic rings. The number of carbonyl (C=O) groups is 2. The molecule has 3 rings (SSSR count). The molecule has 0 saturated carbocycles. The van der Waals surface area contributed by atoms with Crippen LogP contribution in [0.3, 0.4) is 0 Å². The van der Waals surface area contributed by atoms with Crippen molar-refractivity contribution in [3.8, 4) is 0 Å². The lowest BCUT2D eigenvalue weighted by Gasteiger charge is -2.31. The average Bonchev–Trinajstić information content (AvgIpc) is 2.75. The molecule has 32 heavy (non-hydrogen) atoms. The Kier molecular flexibility index (Phi) is 7.60. The van der Waals surface area contributed by atoms with Crippen LogP contribution in [0.5, 0.6) is 0 Å². The van der Waals surface area contributed by atoms with Crippen molar-refractivity contribution in [2.24, 2.45) is 0 Å². The predicted molar refractivity (Wildman–Crippen MR) is 119 cm³/mol. The third-order valence-electron chi connectivity index (χ3n) is 5.29. The van der Waals surface area contributed by atoms with Crippen molar-refractivity contribution in [2.45, 2.75) is 23.8 Å². The number of rotatable bonds is 7. The fraction of sp³-hybridized carbons (Fsp3) is 0.364. The molecule has 172 valence electrons. The fourth-order valence-electron chi connectivity index (χ4n) is 3.45. The Labute approximate surface area is 187 Å². The number of carbonyl (C=O) groups excluding carboxylic acids is 2. The van der Waals surface area contributed by atoms with Gasteiger partial charge in [-0.3, -0.25) is 14.5 Å². The van der Waals surface area contributed by atoms with Crippen LogP contribution in [-0.2, 0) is 14.8 Å². The highest BCUT2D eigenvalue weighted by atomic mass is 32.2. The summed E-state index contributed by atoms with van der Waals surface area (Å²) >= 11 is 0. The van der Waals surface area contributed by atoms with E-state index in [-0.39, 0.29) is 35.1 Å². The molecule has 2 aromatic carbocycles. The Bertz CT molecular complexity index is 1070. The molecule has 8 nitrogen and oxygen atoms in total. The number of anilines is 1. The van der Waals surface area contributed by atoms with Gasteiger partial charge in [0.1, 0.15) is 5.82 Å². The molecule has 0 unspecified atom stereocenters. The second kappa shape index (κ2) is 10.2. The normalized spacial score (nSPS) is 15.5. The first-order valence-corrected chi connectivity index (χ1v) is 11.7. The summed E-state index contributed by atoms with van der Waals surface area (Å²) < 4.78 is 38.6. The standard InChI is InChI=1S/C22H27FN4O4S/c1-26(2)32(30,31)20-5-3-4-19(14-20)24-21(28)15-27-12-10-18(11-13-27)25-22(29)16-6-8-17(23)9-7-16/h3-9,14,18H,10-13,15H2,1-2H3,(H,24,28)(H,25,29). The summed E-state index contributed by atoms with van der Waals surface area (Å²) in [4.78, 5) is 26.8. The van der Waals surface area contributed by atoms with Crippen LogP contribution < -0.4 is 10.6 Å². The Morgan fingerprint density at radius 1 is 1.09 bits per heavy atom. The molecule has 10 heteroatoms. The van der Waals surface area contributed by atoms with Gasteiger partial charge in [-0.2, -0.15) is 0 Å². The number of sulfonamides is 1. The molecule has 0 aliphatic carbocycles. The van der Waals surface area contributed by atoms with E-state index in [2.05, 4.69) is 10.6 Å². The Morgan fingerprint density at radius 3 is 2.38 bits per heavy atom. The lowest BCUT2D eigenvalue weighted by atomic mass is 10.0. The van der Waals surface area contributed by atoms with Gasteiger partial charge in [0.2, 0.25) is 15.9 Å². The first-order chi connectivity index (χ1) is 15.1. The number of halogens is 1. The predicted octanol–water partition coefficient (Wildman–Crippen LogP) is 1.91. The second-order valence-electron chi connectivity index (χ2n) is 7.89. The minimum Gasteiger partial charge on any atom is -0.349 e. The van der Waals surface area contributed by atoms with Crippen LogP contribution in [0.15, 0.2) is 53.4 Å². The van der Waals surface area contributed by atoms with Crippen molar-refractivity contribution in [1.29, 1.82) is 0 Å². The molecule has 1 aliphatic rings. The molecule has 1 saturated heterocycles. The third kappa shape index (κ3) is 6.12. The maximum absolute atomic E-state index is 13.0. The molecule has 0 spiro atoms. The number of nitrogens with zero attached hydrogens (tertiary/aromatic N) is 2. The maximum atomic E-state index is 13.0. The van der Waals surface area contributed by atoms with Gasteiger partial charge >= 0.3 is 0 Å². The first kappa shape index (κ1) is 23.8. The van der Waals surface area contributed by atoms with Crippen molar-refractivity contribution in [1.82, 2.24) is 14.5 Å².